The lowest BCUT2D eigenvalue weighted by Crippen LogP contribution is -2.02. The van der Waals surface area contributed by atoms with Gasteiger partial charge in [0, 0.05) is 17.8 Å². The van der Waals surface area contributed by atoms with Gasteiger partial charge in [-0.15, -0.1) is 0 Å². The second-order valence-electron chi connectivity index (χ2n) is 5.17. The predicted molar refractivity (Wildman–Crippen MR) is 87.4 cm³/mol. The molecule has 4 nitrogen and oxygen atoms in total. The molecule has 0 saturated heterocycles. The van der Waals surface area contributed by atoms with Crippen molar-refractivity contribution in [1.29, 1.82) is 0 Å². The third-order valence-corrected chi connectivity index (χ3v) is 3.71. The zero-order valence-electron chi connectivity index (χ0n) is 12.8. The summed E-state index contributed by atoms with van der Waals surface area (Å²) in [6.45, 7) is 4.53. The second kappa shape index (κ2) is 6.03. The minimum Gasteiger partial charge on any atom is -0.457 e. The summed E-state index contributed by atoms with van der Waals surface area (Å²) in [7, 11) is 0. The third kappa shape index (κ3) is 2.73. The molecule has 1 aromatic heterocycles. The smallest absolute Gasteiger partial charge is 0.127 e. The van der Waals surface area contributed by atoms with Gasteiger partial charge in [0.2, 0.25) is 0 Å². The van der Waals surface area contributed by atoms with Crippen molar-refractivity contribution in [3.63, 3.8) is 0 Å². The summed E-state index contributed by atoms with van der Waals surface area (Å²) in [6.07, 6.45) is 0. The van der Waals surface area contributed by atoms with Crippen LogP contribution >= 0.6 is 0 Å². The summed E-state index contributed by atoms with van der Waals surface area (Å²) >= 11 is 0. The van der Waals surface area contributed by atoms with E-state index < -0.39 is 0 Å². The van der Waals surface area contributed by atoms with Crippen LogP contribution in [-0.4, -0.2) is 9.78 Å². The fraction of sp³-hybridized carbons (Fsp3) is 0.167. The van der Waals surface area contributed by atoms with Gasteiger partial charge < -0.3 is 10.5 Å². The van der Waals surface area contributed by atoms with Crippen LogP contribution in [0, 0.1) is 13.8 Å². The molecule has 0 fully saturated rings. The number of rotatable bonds is 4. The summed E-state index contributed by atoms with van der Waals surface area (Å²) < 4.78 is 7.72. The van der Waals surface area contributed by atoms with Gasteiger partial charge in [0.15, 0.2) is 0 Å². The van der Waals surface area contributed by atoms with E-state index in [0.29, 0.717) is 6.54 Å². The van der Waals surface area contributed by atoms with Crippen LogP contribution < -0.4 is 10.5 Å². The largest absolute Gasteiger partial charge is 0.457 e. The first-order chi connectivity index (χ1) is 10.7. The number of aryl methyl sites for hydroxylation is 1. The first kappa shape index (κ1) is 14.4. The quantitative estimate of drug-likeness (QED) is 0.797. The lowest BCUT2D eigenvalue weighted by molar-refractivity contribution is 0.482. The standard InChI is InChI=1S/C18H19N3O/c1-13-18(12-19)14(2)21(20-13)15-8-10-17(11-9-15)22-16-6-4-3-5-7-16/h3-11H,12,19H2,1-2H3. The summed E-state index contributed by atoms with van der Waals surface area (Å²) in [5.74, 6) is 1.63. The molecule has 3 rings (SSSR count). The van der Waals surface area contributed by atoms with Crippen molar-refractivity contribution in [2.45, 2.75) is 20.4 Å². The highest BCUT2D eigenvalue weighted by Gasteiger charge is 2.11. The Bertz CT molecular complexity index is 761. The number of nitrogens with two attached hydrogens (primary N) is 1. The van der Waals surface area contributed by atoms with E-state index in [2.05, 4.69) is 5.10 Å². The average Bonchev–Trinajstić information content (AvgIpc) is 2.83. The summed E-state index contributed by atoms with van der Waals surface area (Å²) in [5, 5.41) is 4.56. The Labute approximate surface area is 130 Å². The molecule has 0 bridgehead atoms. The van der Waals surface area contributed by atoms with Crippen LogP contribution in [0.1, 0.15) is 17.0 Å². The van der Waals surface area contributed by atoms with E-state index in [4.69, 9.17) is 10.5 Å². The van der Waals surface area contributed by atoms with Gasteiger partial charge in [-0.25, -0.2) is 4.68 Å². The van der Waals surface area contributed by atoms with Crippen molar-refractivity contribution in [2.24, 2.45) is 5.73 Å². The van der Waals surface area contributed by atoms with Gasteiger partial charge in [-0.1, -0.05) is 18.2 Å². The Morgan fingerprint density at radius 2 is 1.59 bits per heavy atom. The average molecular weight is 293 g/mol. The number of para-hydroxylation sites is 1. The molecule has 2 aromatic carbocycles. The molecule has 3 aromatic rings. The van der Waals surface area contributed by atoms with Crippen LogP contribution in [-0.2, 0) is 6.54 Å². The Morgan fingerprint density at radius 3 is 2.18 bits per heavy atom. The van der Waals surface area contributed by atoms with Crippen LogP contribution in [0.25, 0.3) is 5.69 Å². The molecule has 2 N–H and O–H groups in total. The third-order valence-electron chi connectivity index (χ3n) is 3.71. The minimum absolute atomic E-state index is 0.507. The normalized spacial score (nSPS) is 10.7. The zero-order valence-corrected chi connectivity index (χ0v) is 12.8. The lowest BCUT2D eigenvalue weighted by atomic mass is 10.2. The van der Waals surface area contributed by atoms with E-state index in [-0.39, 0.29) is 0 Å². The Balaban J connectivity index is 1.85. The summed E-state index contributed by atoms with van der Waals surface area (Å²) in [6, 6.07) is 17.6. The van der Waals surface area contributed by atoms with Crippen LogP contribution in [0.5, 0.6) is 11.5 Å². The molecule has 0 aliphatic carbocycles. The number of hydrogen-bond donors (Lipinski definition) is 1. The molecule has 0 radical (unpaired) electrons. The summed E-state index contributed by atoms with van der Waals surface area (Å²) in [5.41, 5.74) is 9.94. The maximum Gasteiger partial charge on any atom is 0.127 e. The lowest BCUT2D eigenvalue weighted by Gasteiger charge is -2.08. The number of nitrogens with zero attached hydrogens (tertiary/aromatic N) is 2. The summed E-state index contributed by atoms with van der Waals surface area (Å²) in [4.78, 5) is 0. The molecule has 1 heterocycles. The fourth-order valence-electron chi connectivity index (χ4n) is 2.50. The van der Waals surface area contributed by atoms with Crippen LogP contribution in [0.15, 0.2) is 54.6 Å². The van der Waals surface area contributed by atoms with Gasteiger partial charge in [-0.3, -0.25) is 0 Å². The molecular weight excluding hydrogens is 274 g/mol. The van der Waals surface area contributed by atoms with E-state index in [0.717, 1.165) is 34.1 Å². The number of benzene rings is 2. The maximum absolute atomic E-state index is 5.80. The van der Waals surface area contributed by atoms with Crippen LogP contribution in [0.3, 0.4) is 0 Å². The van der Waals surface area contributed by atoms with Gasteiger partial charge in [0.25, 0.3) is 0 Å². The van der Waals surface area contributed by atoms with Gasteiger partial charge in [0.1, 0.15) is 11.5 Å². The molecular formula is C18H19N3O. The molecule has 0 atom stereocenters. The monoisotopic (exact) mass is 293 g/mol. The molecule has 0 amide bonds. The van der Waals surface area contributed by atoms with Crippen LogP contribution in [0.4, 0.5) is 0 Å². The van der Waals surface area contributed by atoms with Crippen molar-refractivity contribution >= 4 is 0 Å². The Kier molecular flexibility index (Phi) is 3.94. The van der Waals surface area contributed by atoms with Crippen LogP contribution in [0.2, 0.25) is 0 Å². The van der Waals surface area contributed by atoms with Crippen molar-refractivity contribution < 1.29 is 4.74 Å². The molecule has 4 heteroatoms. The molecule has 0 saturated carbocycles. The number of ether oxygens (including phenoxy) is 1. The molecule has 0 spiro atoms. The maximum atomic E-state index is 5.80. The first-order valence-corrected chi connectivity index (χ1v) is 7.27. The van der Waals surface area contributed by atoms with E-state index in [1.165, 1.54) is 0 Å². The number of hydrogen-bond acceptors (Lipinski definition) is 3. The highest BCUT2D eigenvalue weighted by Crippen LogP contribution is 2.23. The van der Waals surface area contributed by atoms with E-state index in [9.17, 15) is 0 Å². The second-order valence-corrected chi connectivity index (χ2v) is 5.17. The van der Waals surface area contributed by atoms with Crippen molar-refractivity contribution in [1.82, 2.24) is 9.78 Å². The molecule has 0 unspecified atom stereocenters. The Morgan fingerprint density at radius 1 is 0.955 bits per heavy atom. The van der Waals surface area contributed by atoms with Gasteiger partial charge in [-0.2, -0.15) is 5.10 Å². The molecule has 0 aliphatic rings. The van der Waals surface area contributed by atoms with Crippen molar-refractivity contribution in [3.8, 4) is 17.2 Å². The molecule has 112 valence electrons. The van der Waals surface area contributed by atoms with Gasteiger partial charge >= 0.3 is 0 Å². The minimum atomic E-state index is 0.507. The van der Waals surface area contributed by atoms with Crippen molar-refractivity contribution in [3.05, 3.63) is 71.5 Å². The predicted octanol–water partition coefficient (Wildman–Crippen LogP) is 3.74. The highest BCUT2D eigenvalue weighted by atomic mass is 16.5. The molecule has 0 aliphatic heterocycles. The SMILES string of the molecule is Cc1nn(-c2ccc(Oc3ccccc3)cc2)c(C)c1CN. The zero-order chi connectivity index (χ0) is 15.5. The number of aromatic nitrogens is 2. The highest BCUT2D eigenvalue weighted by molar-refractivity contribution is 5.41. The van der Waals surface area contributed by atoms with Gasteiger partial charge in [-0.05, 0) is 50.2 Å². The van der Waals surface area contributed by atoms with E-state index in [1.54, 1.807) is 0 Å². The topological polar surface area (TPSA) is 53.1 Å². The molecule has 22 heavy (non-hydrogen) atoms. The van der Waals surface area contributed by atoms with Crippen molar-refractivity contribution in [2.75, 3.05) is 0 Å². The fourth-order valence-corrected chi connectivity index (χ4v) is 2.50. The van der Waals surface area contributed by atoms with E-state index >= 15 is 0 Å². The Hall–Kier alpha value is -2.59. The van der Waals surface area contributed by atoms with E-state index in [1.807, 2.05) is 73.1 Å². The van der Waals surface area contributed by atoms with Gasteiger partial charge in [0.05, 0.1) is 11.4 Å². The first-order valence-electron chi connectivity index (χ1n) is 7.27.